The second-order valence-electron chi connectivity index (χ2n) is 6.37. The van der Waals surface area contributed by atoms with Gasteiger partial charge in [0.15, 0.2) is 0 Å². The maximum atomic E-state index is 12.6. The van der Waals surface area contributed by atoms with Crippen molar-refractivity contribution in [3.63, 3.8) is 0 Å². The number of H-pyrrole nitrogens is 1. The van der Waals surface area contributed by atoms with E-state index in [-0.39, 0.29) is 17.9 Å². The maximum Gasteiger partial charge on any atom is 0.226 e. The first-order valence-electron chi connectivity index (χ1n) is 8.45. The molecule has 7 heteroatoms. The molecule has 0 aromatic carbocycles. The zero-order valence-electron chi connectivity index (χ0n) is 14.5. The van der Waals surface area contributed by atoms with Crippen molar-refractivity contribution in [1.29, 1.82) is 0 Å². The van der Waals surface area contributed by atoms with Crippen LogP contribution in [0.2, 0.25) is 0 Å². The van der Waals surface area contributed by atoms with Crippen molar-refractivity contribution in [3.8, 4) is 0 Å². The molecule has 1 aliphatic heterocycles. The second kappa shape index (κ2) is 7.17. The number of hydrogen-bond donors (Lipinski definition) is 2. The third kappa shape index (κ3) is 3.36. The molecule has 0 unspecified atom stereocenters. The average molecular weight is 331 g/mol. The van der Waals surface area contributed by atoms with E-state index >= 15 is 0 Å². The first-order chi connectivity index (χ1) is 11.6. The van der Waals surface area contributed by atoms with E-state index in [4.69, 9.17) is 4.74 Å². The summed E-state index contributed by atoms with van der Waals surface area (Å²) in [7, 11) is 1.94. The van der Waals surface area contributed by atoms with Gasteiger partial charge in [-0.05, 0) is 44.7 Å². The minimum atomic E-state index is -0.233. The number of aromatic nitrogens is 4. The molecule has 2 N–H and O–H groups in total. The van der Waals surface area contributed by atoms with Gasteiger partial charge in [0.1, 0.15) is 6.10 Å². The molecule has 0 bridgehead atoms. The Morgan fingerprint density at radius 1 is 1.50 bits per heavy atom. The molecule has 130 valence electrons. The summed E-state index contributed by atoms with van der Waals surface area (Å²) >= 11 is 0. The van der Waals surface area contributed by atoms with Crippen molar-refractivity contribution in [2.75, 3.05) is 13.2 Å². The molecule has 3 heterocycles. The fraction of sp³-hybridized carbons (Fsp3) is 0.588. The van der Waals surface area contributed by atoms with Crippen LogP contribution in [0, 0.1) is 19.8 Å². The van der Waals surface area contributed by atoms with Gasteiger partial charge in [-0.3, -0.25) is 14.6 Å². The van der Waals surface area contributed by atoms with Crippen LogP contribution in [0.25, 0.3) is 0 Å². The van der Waals surface area contributed by atoms with E-state index in [1.165, 1.54) is 5.56 Å². The molecular formula is C17H25N5O2. The Morgan fingerprint density at radius 2 is 2.33 bits per heavy atom. The predicted octanol–water partition coefficient (Wildman–Crippen LogP) is 1.59. The van der Waals surface area contributed by atoms with Crippen LogP contribution in [-0.2, 0) is 23.0 Å². The summed E-state index contributed by atoms with van der Waals surface area (Å²) in [4.78, 5) is 12.6. The first-order valence-corrected chi connectivity index (χ1v) is 8.45. The fourth-order valence-corrected chi connectivity index (χ4v) is 3.40. The molecular weight excluding hydrogens is 306 g/mol. The molecule has 0 saturated carbocycles. The summed E-state index contributed by atoms with van der Waals surface area (Å²) in [5, 5.41) is 14.4. The first kappa shape index (κ1) is 16.7. The number of hydrogen-bond acceptors (Lipinski definition) is 4. The monoisotopic (exact) mass is 331 g/mol. The number of rotatable bonds is 5. The smallest absolute Gasteiger partial charge is 0.226 e. The molecule has 0 spiro atoms. The third-order valence-electron chi connectivity index (χ3n) is 4.82. The van der Waals surface area contributed by atoms with Gasteiger partial charge in [0, 0.05) is 32.1 Å². The lowest BCUT2D eigenvalue weighted by atomic mass is 9.91. The van der Waals surface area contributed by atoms with Gasteiger partial charge in [0.25, 0.3) is 0 Å². The Bertz CT molecular complexity index is 692. The number of ether oxygens (including phenoxy) is 1. The summed E-state index contributed by atoms with van der Waals surface area (Å²) in [5.41, 5.74) is 4.26. The molecule has 2 aromatic rings. The zero-order chi connectivity index (χ0) is 17.1. The van der Waals surface area contributed by atoms with Gasteiger partial charge in [0.2, 0.25) is 5.91 Å². The number of aryl methyl sites for hydroxylation is 2. The molecule has 0 radical (unpaired) electrons. The lowest BCUT2D eigenvalue weighted by Crippen LogP contribution is -2.38. The van der Waals surface area contributed by atoms with E-state index in [0.717, 1.165) is 36.3 Å². The molecule has 1 saturated heterocycles. The van der Waals surface area contributed by atoms with Crippen LogP contribution in [0.1, 0.15) is 41.6 Å². The van der Waals surface area contributed by atoms with Crippen molar-refractivity contribution in [3.05, 3.63) is 34.9 Å². The van der Waals surface area contributed by atoms with E-state index in [2.05, 4.69) is 27.5 Å². The van der Waals surface area contributed by atoms with E-state index < -0.39 is 0 Å². The lowest BCUT2D eigenvalue weighted by Gasteiger charge is -2.30. The highest BCUT2D eigenvalue weighted by Crippen LogP contribution is 2.32. The molecule has 2 atom stereocenters. The van der Waals surface area contributed by atoms with E-state index in [1.807, 2.05) is 24.7 Å². The Kier molecular flexibility index (Phi) is 4.99. The Hall–Kier alpha value is -2.15. The number of amides is 1. The molecule has 3 rings (SSSR count). The van der Waals surface area contributed by atoms with Crippen LogP contribution in [0.5, 0.6) is 0 Å². The van der Waals surface area contributed by atoms with E-state index in [9.17, 15) is 4.79 Å². The Balaban J connectivity index is 1.59. The van der Waals surface area contributed by atoms with Crippen molar-refractivity contribution in [2.24, 2.45) is 13.0 Å². The second-order valence-corrected chi connectivity index (χ2v) is 6.37. The normalized spacial score (nSPS) is 21.0. The quantitative estimate of drug-likeness (QED) is 0.871. The number of aromatic amines is 1. The van der Waals surface area contributed by atoms with E-state index in [0.29, 0.717) is 13.2 Å². The fourth-order valence-electron chi connectivity index (χ4n) is 3.40. The lowest BCUT2D eigenvalue weighted by molar-refractivity contribution is -0.134. The number of nitrogens with one attached hydrogen (secondary N) is 2. The molecule has 2 aromatic heterocycles. The molecule has 1 fully saturated rings. The average Bonchev–Trinajstić information content (AvgIpc) is 3.19. The van der Waals surface area contributed by atoms with Gasteiger partial charge in [-0.25, -0.2) is 0 Å². The van der Waals surface area contributed by atoms with Gasteiger partial charge in [0.05, 0.1) is 17.3 Å². The van der Waals surface area contributed by atoms with Crippen molar-refractivity contribution in [1.82, 2.24) is 25.3 Å². The molecule has 24 heavy (non-hydrogen) atoms. The Morgan fingerprint density at radius 3 is 3.00 bits per heavy atom. The maximum absolute atomic E-state index is 12.6. The minimum absolute atomic E-state index is 0.0495. The van der Waals surface area contributed by atoms with Crippen molar-refractivity contribution in [2.45, 2.75) is 39.2 Å². The molecule has 7 nitrogen and oxygen atoms in total. The predicted molar refractivity (Wildman–Crippen MR) is 89.4 cm³/mol. The highest BCUT2D eigenvalue weighted by molar-refractivity contribution is 5.79. The summed E-state index contributed by atoms with van der Waals surface area (Å²) in [6.45, 7) is 5.35. The summed E-state index contributed by atoms with van der Waals surface area (Å²) in [6, 6.07) is 1.87. The van der Waals surface area contributed by atoms with Gasteiger partial charge in [-0.2, -0.15) is 10.2 Å². The largest absolute Gasteiger partial charge is 0.371 e. The van der Waals surface area contributed by atoms with Crippen LogP contribution in [0.4, 0.5) is 0 Å². The molecule has 1 aliphatic rings. The van der Waals surface area contributed by atoms with Crippen molar-refractivity contribution < 1.29 is 9.53 Å². The van der Waals surface area contributed by atoms with E-state index in [1.54, 1.807) is 6.20 Å². The van der Waals surface area contributed by atoms with Gasteiger partial charge in [-0.15, -0.1) is 0 Å². The highest BCUT2D eigenvalue weighted by Gasteiger charge is 2.33. The van der Waals surface area contributed by atoms with Crippen molar-refractivity contribution >= 4 is 5.91 Å². The van der Waals surface area contributed by atoms with Gasteiger partial charge in [-0.1, -0.05) is 0 Å². The molecule has 1 amide bonds. The number of carbonyl (C=O) groups is 1. The topological polar surface area (TPSA) is 84.8 Å². The summed E-state index contributed by atoms with van der Waals surface area (Å²) in [5.74, 6) is -0.121. The Labute approximate surface area is 141 Å². The van der Waals surface area contributed by atoms with Crippen LogP contribution >= 0.6 is 0 Å². The SMILES string of the molecule is Cc1nn(C)c(C)c1CCNC(=O)[C@@H]1CCCO[C@H]1c1ccn[nH]1. The van der Waals surface area contributed by atoms with Gasteiger partial charge < -0.3 is 10.1 Å². The standard InChI is InChI=1S/C17H25N5O2/c1-11-13(12(2)22(3)21-11)6-8-18-17(23)14-5-4-10-24-16(14)15-7-9-19-20-15/h7,9,14,16H,4-6,8,10H2,1-3H3,(H,18,23)(H,19,20)/t14-,16-/m1/s1. The summed E-state index contributed by atoms with van der Waals surface area (Å²) in [6.07, 6.45) is 3.99. The zero-order valence-corrected chi connectivity index (χ0v) is 14.5. The van der Waals surface area contributed by atoms with Crippen LogP contribution in [-0.4, -0.2) is 39.0 Å². The van der Waals surface area contributed by atoms with Crippen LogP contribution in [0.15, 0.2) is 12.3 Å². The molecule has 0 aliphatic carbocycles. The van der Waals surface area contributed by atoms with Gasteiger partial charge >= 0.3 is 0 Å². The van der Waals surface area contributed by atoms with Crippen LogP contribution in [0.3, 0.4) is 0 Å². The minimum Gasteiger partial charge on any atom is -0.371 e. The number of nitrogens with zero attached hydrogens (tertiary/aromatic N) is 3. The summed E-state index contributed by atoms with van der Waals surface area (Å²) < 4.78 is 7.70. The highest BCUT2D eigenvalue weighted by atomic mass is 16.5. The van der Waals surface area contributed by atoms with Crippen LogP contribution < -0.4 is 5.32 Å². The third-order valence-corrected chi connectivity index (χ3v) is 4.82. The number of carbonyl (C=O) groups excluding carboxylic acids is 1.